The van der Waals surface area contributed by atoms with Crippen LogP contribution in [0.3, 0.4) is 0 Å². The highest BCUT2D eigenvalue weighted by Crippen LogP contribution is 2.29. The average Bonchev–Trinajstić information content (AvgIpc) is 2.56. The lowest BCUT2D eigenvalue weighted by atomic mass is 10.2. The molecule has 2 rings (SSSR count). The van der Waals surface area contributed by atoms with Crippen molar-refractivity contribution in [2.45, 2.75) is 0 Å². The molecular weight excluding hydrogens is 348 g/mol. The number of thiocarbonyl (C=S) groups is 1. The molecule has 9 heteroatoms. The number of methoxy groups -OCH3 is 2. The van der Waals surface area contributed by atoms with E-state index < -0.39 is 29.0 Å². The second kappa shape index (κ2) is 7.35. The summed E-state index contributed by atoms with van der Waals surface area (Å²) in [4.78, 5) is 0. The number of anilines is 2. The van der Waals surface area contributed by atoms with Crippen molar-refractivity contribution in [3.8, 4) is 11.5 Å². The lowest BCUT2D eigenvalue weighted by Gasteiger charge is -2.15. The standard InChI is InChI=1S/C15H12F4N2O2S/c1-22-7-3-4-11(23-2)10(5-7)20-15(24)21-14-12(18)8(16)6-9(17)13(14)19/h3-6H,1-2H3,(H2,20,21,24). The van der Waals surface area contributed by atoms with Gasteiger partial charge < -0.3 is 20.1 Å². The molecule has 0 atom stereocenters. The van der Waals surface area contributed by atoms with E-state index >= 15 is 0 Å². The molecule has 24 heavy (non-hydrogen) atoms. The molecule has 0 spiro atoms. The first-order valence-corrected chi connectivity index (χ1v) is 6.91. The van der Waals surface area contributed by atoms with Gasteiger partial charge in [0.2, 0.25) is 0 Å². The van der Waals surface area contributed by atoms with E-state index in [1.807, 2.05) is 0 Å². The van der Waals surface area contributed by atoms with Gasteiger partial charge in [-0.1, -0.05) is 0 Å². The number of halogens is 4. The Morgan fingerprint density at radius 1 is 0.917 bits per heavy atom. The van der Waals surface area contributed by atoms with Gasteiger partial charge in [0.25, 0.3) is 0 Å². The molecule has 4 nitrogen and oxygen atoms in total. The third-order valence-corrected chi connectivity index (χ3v) is 3.21. The topological polar surface area (TPSA) is 42.5 Å². The van der Waals surface area contributed by atoms with E-state index in [1.54, 1.807) is 12.1 Å². The molecule has 2 aromatic carbocycles. The van der Waals surface area contributed by atoms with E-state index in [0.29, 0.717) is 17.2 Å². The predicted molar refractivity (Wildman–Crippen MR) is 85.7 cm³/mol. The van der Waals surface area contributed by atoms with Crippen LogP contribution in [0.1, 0.15) is 0 Å². The first-order valence-electron chi connectivity index (χ1n) is 6.50. The smallest absolute Gasteiger partial charge is 0.185 e. The van der Waals surface area contributed by atoms with Crippen LogP contribution >= 0.6 is 12.2 Å². The summed E-state index contributed by atoms with van der Waals surface area (Å²) in [7, 11) is 2.85. The van der Waals surface area contributed by atoms with Gasteiger partial charge in [-0.15, -0.1) is 0 Å². The zero-order chi connectivity index (χ0) is 17.9. The Hall–Kier alpha value is -2.55. The van der Waals surface area contributed by atoms with Gasteiger partial charge in [0, 0.05) is 12.1 Å². The fourth-order valence-corrected chi connectivity index (χ4v) is 2.07. The molecule has 2 aromatic rings. The van der Waals surface area contributed by atoms with Crippen LogP contribution in [0.4, 0.5) is 28.9 Å². The molecule has 0 bridgehead atoms. The molecule has 0 saturated heterocycles. The fraction of sp³-hybridized carbons (Fsp3) is 0.133. The van der Waals surface area contributed by atoms with Crippen molar-refractivity contribution >= 4 is 28.7 Å². The van der Waals surface area contributed by atoms with Crippen molar-refractivity contribution in [2.75, 3.05) is 24.9 Å². The molecule has 0 aliphatic rings. The molecule has 0 fully saturated rings. The Kier molecular flexibility index (Phi) is 5.45. The Bertz CT molecular complexity index is 760. The van der Waals surface area contributed by atoms with E-state index in [1.165, 1.54) is 20.3 Å². The van der Waals surface area contributed by atoms with E-state index in [-0.39, 0.29) is 11.2 Å². The Morgan fingerprint density at radius 2 is 1.54 bits per heavy atom. The Balaban J connectivity index is 2.27. The average molecular weight is 360 g/mol. The quantitative estimate of drug-likeness (QED) is 0.489. The summed E-state index contributed by atoms with van der Waals surface area (Å²) < 4.78 is 63.8. The summed E-state index contributed by atoms with van der Waals surface area (Å²) in [5, 5.41) is 4.40. The van der Waals surface area contributed by atoms with Gasteiger partial charge >= 0.3 is 0 Å². The van der Waals surface area contributed by atoms with Crippen LogP contribution in [-0.2, 0) is 0 Å². The highest BCUT2D eigenvalue weighted by molar-refractivity contribution is 7.80. The van der Waals surface area contributed by atoms with Crippen molar-refractivity contribution in [1.29, 1.82) is 0 Å². The van der Waals surface area contributed by atoms with Crippen LogP contribution in [0.5, 0.6) is 11.5 Å². The second-order valence-electron chi connectivity index (χ2n) is 4.49. The number of nitrogens with one attached hydrogen (secondary N) is 2. The molecule has 0 saturated carbocycles. The van der Waals surface area contributed by atoms with E-state index in [9.17, 15) is 17.6 Å². The molecule has 0 aromatic heterocycles. The van der Waals surface area contributed by atoms with Gasteiger partial charge in [0.05, 0.1) is 19.9 Å². The summed E-state index contributed by atoms with van der Waals surface area (Å²) in [6, 6.07) is 4.83. The van der Waals surface area contributed by atoms with Crippen LogP contribution in [0.25, 0.3) is 0 Å². The van der Waals surface area contributed by atoms with Crippen LogP contribution in [0, 0.1) is 23.3 Å². The number of ether oxygens (including phenoxy) is 2. The van der Waals surface area contributed by atoms with Crippen LogP contribution in [0.15, 0.2) is 24.3 Å². The summed E-state index contributed by atoms with van der Waals surface area (Å²) in [6.07, 6.45) is 0. The molecule has 128 valence electrons. The van der Waals surface area contributed by atoms with Crippen molar-refractivity contribution < 1.29 is 27.0 Å². The molecule has 0 unspecified atom stereocenters. The first-order chi connectivity index (χ1) is 11.4. The summed E-state index contributed by atoms with van der Waals surface area (Å²) >= 11 is 4.91. The van der Waals surface area contributed by atoms with Gasteiger partial charge in [-0.2, -0.15) is 0 Å². The minimum Gasteiger partial charge on any atom is -0.497 e. The molecule has 0 aliphatic heterocycles. The second-order valence-corrected chi connectivity index (χ2v) is 4.90. The molecule has 0 radical (unpaired) electrons. The monoisotopic (exact) mass is 360 g/mol. The van der Waals surface area contributed by atoms with Crippen LogP contribution < -0.4 is 20.1 Å². The van der Waals surface area contributed by atoms with Gasteiger partial charge in [-0.3, -0.25) is 0 Å². The van der Waals surface area contributed by atoms with E-state index in [4.69, 9.17) is 21.7 Å². The Morgan fingerprint density at radius 3 is 2.08 bits per heavy atom. The zero-order valence-electron chi connectivity index (χ0n) is 12.5. The van der Waals surface area contributed by atoms with Crippen molar-refractivity contribution in [3.63, 3.8) is 0 Å². The maximum absolute atomic E-state index is 13.6. The molecule has 0 heterocycles. The van der Waals surface area contributed by atoms with Crippen molar-refractivity contribution in [1.82, 2.24) is 0 Å². The number of benzene rings is 2. The number of hydrogen-bond acceptors (Lipinski definition) is 3. The first kappa shape index (κ1) is 17.8. The highest BCUT2D eigenvalue weighted by atomic mass is 32.1. The summed E-state index contributed by atoms with van der Waals surface area (Å²) in [5.74, 6) is -5.43. The van der Waals surface area contributed by atoms with Gasteiger partial charge in [0.15, 0.2) is 28.4 Å². The van der Waals surface area contributed by atoms with Gasteiger partial charge in [-0.25, -0.2) is 17.6 Å². The predicted octanol–water partition coefficient (Wildman–Crippen LogP) is 4.07. The summed E-state index contributed by atoms with van der Waals surface area (Å²) in [5.41, 5.74) is -0.709. The maximum Gasteiger partial charge on any atom is 0.185 e. The van der Waals surface area contributed by atoms with Crippen molar-refractivity contribution in [3.05, 3.63) is 47.5 Å². The normalized spacial score (nSPS) is 10.2. The number of hydrogen-bond donors (Lipinski definition) is 2. The fourth-order valence-electron chi connectivity index (χ4n) is 1.86. The van der Waals surface area contributed by atoms with Crippen LogP contribution in [-0.4, -0.2) is 19.3 Å². The Labute approximate surface area is 140 Å². The lowest BCUT2D eigenvalue weighted by Crippen LogP contribution is -2.21. The summed E-state index contributed by atoms with van der Waals surface area (Å²) in [6.45, 7) is 0. The molecular formula is C15H12F4N2O2S. The minimum absolute atomic E-state index is 0.109. The third-order valence-electron chi connectivity index (χ3n) is 3.01. The largest absolute Gasteiger partial charge is 0.497 e. The van der Waals surface area contributed by atoms with E-state index in [0.717, 1.165) is 0 Å². The highest BCUT2D eigenvalue weighted by Gasteiger charge is 2.20. The molecule has 0 amide bonds. The lowest BCUT2D eigenvalue weighted by molar-refractivity contribution is 0.405. The van der Waals surface area contributed by atoms with Gasteiger partial charge in [0.1, 0.15) is 17.2 Å². The van der Waals surface area contributed by atoms with E-state index in [2.05, 4.69) is 10.6 Å². The molecule has 2 N–H and O–H groups in total. The van der Waals surface area contributed by atoms with Crippen LogP contribution in [0.2, 0.25) is 0 Å². The SMILES string of the molecule is COc1ccc(OC)c(NC(=S)Nc2c(F)c(F)cc(F)c2F)c1. The van der Waals surface area contributed by atoms with Crippen molar-refractivity contribution in [2.24, 2.45) is 0 Å². The number of rotatable bonds is 4. The minimum atomic E-state index is -1.59. The van der Waals surface area contributed by atoms with Gasteiger partial charge in [-0.05, 0) is 24.4 Å². The third kappa shape index (κ3) is 3.67. The maximum atomic E-state index is 13.6. The zero-order valence-corrected chi connectivity index (χ0v) is 13.4. The molecule has 0 aliphatic carbocycles.